The molecular weight excluding hydrogens is 394 g/mol. The molecule has 0 aromatic heterocycles. The summed E-state index contributed by atoms with van der Waals surface area (Å²) in [4.78, 5) is 27.6. The summed E-state index contributed by atoms with van der Waals surface area (Å²) in [5.74, 6) is 0.849. The molecule has 3 rings (SSSR count). The maximum atomic E-state index is 13.1. The SMILES string of the molecule is CNCC1Oc2ccc(NC(=O)C3CCCCC3)cc2CC(=O)N(C(C)CO)CC1C. The van der Waals surface area contributed by atoms with Gasteiger partial charge in [-0.15, -0.1) is 0 Å². The fourth-order valence-corrected chi connectivity index (χ4v) is 4.56. The Morgan fingerprint density at radius 3 is 2.71 bits per heavy atom. The summed E-state index contributed by atoms with van der Waals surface area (Å²) in [5.41, 5.74) is 1.46. The van der Waals surface area contributed by atoms with E-state index in [0.29, 0.717) is 24.5 Å². The molecule has 0 spiro atoms. The molecule has 1 heterocycles. The van der Waals surface area contributed by atoms with Crippen molar-refractivity contribution in [3.05, 3.63) is 23.8 Å². The van der Waals surface area contributed by atoms with Gasteiger partial charge in [0.2, 0.25) is 11.8 Å². The minimum atomic E-state index is -0.263. The van der Waals surface area contributed by atoms with Gasteiger partial charge in [0, 0.05) is 36.2 Å². The second kappa shape index (κ2) is 11.0. The van der Waals surface area contributed by atoms with Gasteiger partial charge in [0.1, 0.15) is 11.9 Å². The first-order valence-electron chi connectivity index (χ1n) is 11.6. The lowest BCUT2D eigenvalue weighted by Gasteiger charge is -2.32. The van der Waals surface area contributed by atoms with Crippen LogP contribution < -0.4 is 15.4 Å². The van der Waals surface area contributed by atoms with Crippen LogP contribution in [0.4, 0.5) is 5.69 Å². The van der Waals surface area contributed by atoms with Gasteiger partial charge in [0.25, 0.3) is 0 Å². The number of aliphatic hydroxyl groups is 1. The molecule has 2 aliphatic rings. The molecule has 0 radical (unpaired) electrons. The quantitative estimate of drug-likeness (QED) is 0.644. The number of carbonyl (C=O) groups excluding carboxylic acids is 2. The lowest BCUT2D eigenvalue weighted by atomic mass is 9.88. The van der Waals surface area contributed by atoms with Crippen molar-refractivity contribution in [3.8, 4) is 5.75 Å². The van der Waals surface area contributed by atoms with Crippen LogP contribution in [0.2, 0.25) is 0 Å². The van der Waals surface area contributed by atoms with Crippen LogP contribution in [0.1, 0.15) is 51.5 Å². The smallest absolute Gasteiger partial charge is 0.227 e. The molecule has 3 unspecified atom stereocenters. The van der Waals surface area contributed by atoms with Crippen LogP contribution in [0.25, 0.3) is 0 Å². The summed E-state index contributed by atoms with van der Waals surface area (Å²) in [6, 6.07) is 5.32. The zero-order valence-corrected chi connectivity index (χ0v) is 19.0. The first-order chi connectivity index (χ1) is 14.9. The van der Waals surface area contributed by atoms with E-state index in [2.05, 4.69) is 17.6 Å². The first kappa shape index (κ1) is 23.5. The fraction of sp³-hybridized carbons (Fsp3) is 0.667. The third-order valence-electron chi connectivity index (χ3n) is 6.57. The molecule has 7 heteroatoms. The van der Waals surface area contributed by atoms with Crippen LogP contribution >= 0.6 is 0 Å². The maximum absolute atomic E-state index is 13.1. The van der Waals surface area contributed by atoms with Crippen molar-refractivity contribution >= 4 is 17.5 Å². The third kappa shape index (κ3) is 5.98. The third-order valence-corrected chi connectivity index (χ3v) is 6.57. The summed E-state index contributed by atoms with van der Waals surface area (Å²) in [6.45, 7) is 5.01. The standard InChI is InChI=1S/C24H37N3O4/c1-16-14-27(17(2)15-28)23(29)12-19-11-20(9-10-21(19)31-22(16)13-25-3)26-24(30)18-7-5-4-6-8-18/h9-11,16-18,22,25,28H,4-8,12-15H2,1-3H3,(H,26,30). The van der Waals surface area contributed by atoms with E-state index in [1.807, 2.05) is 32.2 Å². The van der Waals surface area contributed by atoms with E-state index in [4.69, 9.17) is 4.74 Å². The van der Waals surface area contributed by atoms with Gasteiger partial charge < -0.3 is 25.4 Å². The zero-order chi connectivity index (χ0) is 22.4. The predicted octanol–water partition coefficient (Wildman–Crippen LogP) is 2.57. The zero-order valence-electron chi connectivity index (χ0n) is 19.0. The average molecular weight is 432 g/mol. The Morgan fingerprint density at radius 1 is 1.29 bits per heavy atom. The molecule has 7 nitrogen and oxygen atoms in total. The molecular formula is C24H37N3O4. The molecule has 1 aliphatic carbocycles. The van der Waals surface area contributed by atoms with Crippen molar-refractivity contribution in [3.63, 3.8) is 0 Å². The molecule has 3 atom stereocenters. The van der Waals surface area contributed by atoms with E-state index < -0.39 is 0 Å². The number of anilines is 1. The van der Waals surface area contributed by atoms with Crippen LogP contribution in [0, 0.1) is 11.8 Å². The minimum absolute atomic E-state index is 0.0425. The van der Waals surface area contributed by atoms with E-state index in [0.717, 1.165) is 31.2 Å². The van der Waals surface area contributed by atoms with Crippen LogP contribution in [0.15, 0.2) is 18.2 Å². The van der Waals surface area contributed by atoms with Crippen molar-refractivity contribution in [2.75, 3.05) is 32.1 Å². The van der Waals surface area contributed by atoms with E-state index in [1.54, 1.807) is 4.90 Å². The van der Waals surface area contributed by atoms with Gasteiger partial charge >= 0.3 is 0 Å². The number of ether oxygens (including phenoxy) is 1. The molecule has 1 aromatic rings. The number of aliphatic hydroxyl groups excluding tert-OH is 1. The van der Waals surface area contributed by atoms with E-state index in [-0.39, 0.29) is 48.8 Å². The number of rotatable bonds is 6. The highest BCUT2D eigenvalue weighted by Crippen LogP contribution is 2.30. The Kier molecular flexibility index (Phi) is 8.32. The minimum Gasteiger partial charge on any atom is -0.488 e. The normalized spacial score (nSPS) is 23.7. The molecule has 0 saturated heterocycles. The Hall–Kier alpha value is -2.12. The molecule has 1 aromatic carbocycles. The molecule has 1 fully saturated rings. The molecule has 1 aliphatic heterocycles. The van der Waals surface area contributed by atoms with E-state index >= 15 is 0 Å². The predicted molar refractivity (Wildman–Crippen MR) is 121 cm³/mol. The van der Waals surface area contributed by atoms with Gasteiger partial charge in [0.05, 0.1) is 19.1 Å². The Labute approximate surface area is 185 Å². The number of hydrogen-bond donors (Lipinski definition) is 3. The van der Waals surface area contributed by atoms with Crippen molar-refractivity contribution in [2.24, 2.45) is 11.8 Å². The Morgan fingerprint density at radius 2 is 2.03 bits per heavy atom. The summed E-state index contributed by atoms with van der Waals surface area (Å²) in [5, 5.41) is 15.9. The van der Waals surface area contributed by atoms with Crippen LogP contribution in [0.5, 0.6) is 5.75 Å². The van der Waals surface area contributed by atoms with Gasteiger partial charge in [-0.05, 0) is 45.0 Å². The molecule has 1 saturated carbocycles. The van der Waals surface area contributed by atoms with Crippen molar-refractivity contribution in [1.82, 2.24) is 10.2 Å². The number of carbonyl (C=O) groups is 2. The maximum Gasteiger partial charge on any atom is 0.227 e. The van der Waals surface area contributed by atoms with Crippen molar-refractivity contribution < 1.29 is 19.4 Å². The highest BCUT2D eigenvalue weighted by atomic mass is 16.5. The van der Waals surface area contributed by atoms with Gasteiger partial charge in [0.15, 0.2) is 0 Å². The molecule has 172 valence electrons. The summed E-state index contributed by atoms with van der Waals surface area (Å²) < 4.78 is 6.34. The molecule has 31 heavy (non-hydrogen) atoms. The number of nitrogens with one attached hydrogen (secondary N) is 2. The molecule has 0 bridgehead atoms. The fourth-order valence-electron chi connectivity index (χ4n) is 4.56. The highest BCUT2D eigenvalue weighted by molar-refractivity contribution is 5.93. The number of likely N-dealkylation sites (N-methyl/N-ethyl adjacent to an activating group) is 1. The number of benzene rings is 1. The van der Waals surface area contributed by atoms with Crippen LogP contribution in [0.3, 0.4) is 0 Å². The Balaban J connectivity index is 1.85. The summed E-state index contributed by atoms with van der Waals surface area (Å²) in [7, 11) is 1.88. The lowest BCUT2D eigenvalue weighted by molar-refractivity contribution is -0.134. The number of amides is 2. The first-order valence-corrected chi connectivity index (χ1v) is 11.6. The van der Waals surface area contributed by atoms with Gasteiger partial charge in [-0.1, -0.05) is 26.2 Å². The monoisotopic (exact) mass is 431 g/mol. The van der Waals surface area contributed by atoms with Gasteiger partial charge in [-0.2, -0.15) is 0 Å². The van der Waals surface area contributed by atoms with Gasteiger partial charge in [-0.3, -0.25) is 9.59 Å². The summed E-state index contributed by atoms with van der Waals surface area (Å²) >= 11 is 0. The topological polar surface area (TPSA) is 90.9 Å². The summed E-state index contributed by atoms with van der Waals surface area (Å²) in [6.07, 6.45) is 5.35. The number of hydrogen-bond acceptors (Lipinski definition) is 5. The number of fused-ring (bicyclic) bond motifs is 1. The van der Waals surface area contributed by atoms with Gasteiger partial charge in [-0.25, -0.2) is 0 Å². The van der Waals surface area contributed by atoms with Crippen molar-refractivity contribution in [1.29, 1.82) is 0 Å². The second-order valence-corrected chi connectivity index (χ2v) is 9.09. The second-order valence-electron chi connectivity index (χ2n) is 9.09. The van der Waals surface area contributed by atoms with Crippen LogP contribution in [-0.4, -0.2) is 60.7 Å². The average Bonchev–Trinajstić information content (AvgIpc) is 2.82. The van der Waals surface area contributed by atoms with Crippen molar-refractivity contribution in [2.45, 2.75) is 64.5 Å². The molecule has 2 amide bonds. The Bertz CT molecular complexity index is 763. The number of nitrogens with zero attached hydrogens (tertiary/aromatic N) is 1. The van der Waals surface area contributed by atoms with E-state index in [1.165, 1.54) is 6.42 Å². The largest absolute Gasteiger partial charge is 0.488 e. The van der Waals surface area contributed by atoms with E-state index in [9.17, 15) is 14.7 Å². The van der Waals surface area contributed by atoms with Crippen LogP contribution in [-0.2, 0) is 16.0 Å². The lowest BCUT2D eigenvalue weighted by Crippen LogP contribution is -2.47. The molecule has 3 N–H and O–H groups in total. The highest BCUT2D eigenvalue weighted by Gasteiger charge is 2.30.